The molecule has 0 bridgehead atoms. The van der Waals surface area contributed by atoms with Gasteiger partial charge in [-0.2, -0.15) is 0 Å². The third-order valence-corrected chi connectivity index (χ3v) is 5.69. The minimum absolute atomic E-state index is 0.00661. The van der Waals surface area contributed by atoms with Crippen molar-refractivity contribution in [3.8, 4) is 0 Å². The summed E-state index contributed by atoms with van der Waals surface area (Å²) in [5.41, 5.74) is 0.397. The number of nitrogens with one attached hydrogen (secondary N) is 2. The van der Waals surface area contributed by atoms with Gasteiger partial charge >= 0.3 is 0 Å². The number of benzene rings is 1. The summed E-state index contributed by atoms with van der Waals surface area (Å²) in [4.78, 5) is 26.4. The van der Waals surface area contributed by atoms with Crippen molar-refractivity contribution in [1.29, 1.82) is 0 Å². The van der Waals surface area contributed by atoms with Crippen LogP contribution in [0.2, 0.25) is 10.0 Å². The fraction of sp³-hybridized carbons (Fsp3) is 0.529. The molecule has 0 spiro atoms. The van der Waals surface area contributed by atoms with Crippen LogP contribution in [-0.2, 0) is 4.79 Å². The number of amides is 2. The number of rotatable bonds is 3. The fourth-order valence-electron chi connectivity index (χ4n) is 3.47. The first-order valence-electron chi connectivity index (χ1n) is 8.26. The highest BCUT2D eigenvalue weighted by Gasteiger charge is 2.31. The molecular weight excluding hydrogens is 349 g/mol. The average Bonchev–Trinajstić information content (AvgIpc) is 2.93. The molecule has 2 fully saturated rings. The molecule has 2 atom stereocenters. The van der Waals surface area contributed by atoms with Gasteiger partial charge in [0, 0.05) is 18.7 Å². The molecule has 1 aromatic rings. The maximum atomic E-state index is 12.4. The van der Waals surface area contributed by atoms with Crippen molar-refractivity contribution in [1.82, 2.24) is 15.5 Å². The minimum atomic E-state index is -0.321. The molecule has 2 N–H and O–H groups in total. The van der Waals surface area contributed by atoms with Gasteiger partial charge in [-0.05, 0) is 56.0 Å². The first-order valence-corrected chi connectivity index (χ1v) is 9.02. The standard InChI is InChI=1S/C17H21Cl2N3O2/c18-14-2-1-11(7-15(14)19)17(24)21-10-16(23)22-5-3-12-8-20-9-13(12)4-6-22/h1-2,7,12-13,20H,3-6,8-10H2,(H,21,24)/t12-,13+. The minimum Gasteiger partial charge on any atom is -0.343 e. The van der Waals surface area contributed by atoms with E-state index < -0.39 is 0 Å². The Morgan fingerprint density at radius 2 is 1.79 bits per heavy atom. The number of nitrogens with zero attached hydrogens (tertiary/aromatic N) is 1. The molecule has 1 aromatic carbocycles. The number of carbonyl (C=O) groups is 2. The third-order valence-electron chi connectivity index (χ3n) is 4.95. The van der Waals surface area contributed by atoms with E-state index in [2.05, 4.69) is 10.6 Å². The SMILES string of the molecule is O=C(NCC(=O)N1CC[C@@H]2CNC[C@@H]2CC1)c1ccc(Cl)c(Cl)c1. The van der Waals surface area contributed by atoms with Gasteiger partial charge in [0.1, 0.15) is 0 Å². The molecular formula is C17H21Cl2N3O2. The first-order chi connectivity index (χ1) is 11.5. The van der Waals surface area contributed by atoms with Crippen LogP contribution in [0.4, 0.5) is 0 Å². The van der Waals surface area contributed by atoms with Crippen LogP contribution in [0.5, 0.6) is 0 Å². The first kappa shape index (κ1) is 17.5. The monoisotopic (exact) mass is 369 g/mol. The van der Waals surface area contributed by atoms with Crippen LogP contribution in [0.25, 0.3) is 0 Å². The van der Waals surface area contributed by atoms with E-state index in [0.717, 1.165) is 39.0 Å². The molecule has 2 saturated heterocycles. The predicted molar refractivity (Wildman–Crippen MR) is 94.5 cm³/mol. The van der Waals surface area contributed by atoms with E-state index in [1.807, 2.05) is 4.90 Å². The van der Waals surface area contributed by atoms with Gasteiger partial charge in [0.2, 0.25) is 5.91 Å². The number of hydrogen-bond acceptors (Lipinski definition) is 3. The Hall–Kier alpha value is -1.30. The molecule has 7 heteroatoms. The molecule has 3 rings (SSSR count). The van der Waals surface area contributed by atoms with Gasteiger partial charge in [-0.15, -0.1) is 0 Å². The zero-order chi connectivity index (χ0) is 17.1. The molecule has 130 valence electrons. The van der Waals surface area contributed by atoms with E-state index in [1.165, 1.54) is 6.07 Å². The molecule has 2 aliphatic rings. The number of fused-ring (bicyclic) bond motifs is 1. The second-order valence-corrected chi connectivity index (χ2v) is 7.26. The Morgan fingerprint density at radius 3 is 2.42 bits per heavy atom. The topological polar surface area (TPSA) is 61.4 Å². The fourth-order valence-corrected chi connectivity index (χ4v) is 3.77. The molecule has 0 radical (unpaired) electrons. The third kappa shape index (κ3) is 4.02. The molecule has 0 saturated carbocycles. The molecule has 2 amide bonds. The van der Waals surface area contributed by atoms with E-state index in [4.69, 9.17) is 23.2 Å². The summed E-state index contributed by atoms with van der Waals surface area (Å²) in [6, 6.07) is 4.67. The second-order valence-electron chi connectivity index (χ2n) is 6.45. The number of likely N-dealkylation sites (tertiary alicyclic amines) is 1. The number of halogens is 2. The van der Waals surface area contributed by atoms with Crippen LogP contribution in [0.15, 0.2) is 18.2 Å². The smallest absolute Gasteiger partial charge is 0.251 e. The lowest BCUT2D eigenvalue weighted by Gasteiger charge is -2.21. The van der Waals surface area contributed by atoms with Crippen molar-refractivity contribution in [3.05, 3.63) is 33.8 Å². The summed E-state index contributed by atoms with van der Waals surface area (Å²) in [7, 11) is 0. The van der Waals surface area contributed by atoms with Crippen molar-refractivity contribution >= 4 is 35.0 Å². The normalized spacial score (nSPS) is 23.5. The van der Waals surface area contributed by atoms with E-state index in [1.54, 1.807) is 12.1 Å². The highest BCUT2D eigenvalue weighted by atomic mass is 35.5. The summed E-state index contributed by atoms with van der Waals surface area (Å²) in [6.45, 7) is 3.66. The Labute approximate surface area is 151 Å². The Balaban J connectivity index is 1.51. The lowest BCUT2D eigenvalue weighted by molar-refractivity contribution is -0.130. The lowest BCUT2D eigenvalue weighted by atomic mass is 9.92. The second kappa shape index (κ2) is 7.72. The Bertz CT molecular complexity index is 624. The quantitative estimate of drug-likeness (QED) is 0.858. The molecule has 2 heterocycles. The van der Waals surface area contributed by atoms with Gasteiger partial charge in [-0.3, -0.25) is 9.59 Å². The van der Waals surface area contributed by atoms with Crippen LogP contribution in [-0.4, -0.2) is 49.4 Å². The van der Waals surface area contributed by atoms with E-state index >= 15 is 0 Å². The van der Waals surface area contributed by atoms with Gasteiger partial charge in [0.15, 0.2) is 0 Å². The maximum absolute atomic E-state index is 12.4. The zero-order valence-corrected chi connectivity index (χ0v) is 14.9. The highest BCUT2D eigenvalue weighted by molar-refractivity contribution is 6.42. The van der Waals surface area contributed by atoms with Crippen molar-refractivity contribution in [2.75, 3.05) is 32.7 Å². The van der Waals surface area contributed by atoms with E-state index in [9.17, 15) is 9.59 Å². The van der Waals surface area contributed by atoms with Crippen LogP contribution in [0, 0.1) is 11.8 Å². The molecule has 0 aromatic heterocycles. The average molecular weight is 370 g/mol. The van der Waals surface area contributed by atoms with Crippen molar-refractivity contribution in [2.45, 2.75) is 12.8 Å². The van der Waals surface area contributed by atoms with Gasteiger partial charge in [0.25, 0.3) is 5.91 Å². The van der Waals surface area contributed by atoms with Gasteiger partial charge in [-0.25, -0.2) is 0 Å². The van der Waals surface area contributed by atoms with E-state index in [-0.39, 0.29) is 18.4 Å². The van der Waals surface area contributed by atoms with Gasteiger partial charge in [0.05, 0.1) is 16.6 Å². The van der Waals surface area contributed by atoms with Crippen LogP contribution >= 0.6 is 23.2 Å². The molecule has 0 unspecified atom stereocenters. The maximum Gasteiger partial charge on any atom is 0.251 e. The summed E-state index contributed by atoms with van der Waals surface area (Å²) in [6.07, 6.45) is 2.06. The summed E-state index contributed by atoms with van der Waals surface area (Å²) >= 11 is 11.8. The molecule has 0 aliphatic carbocycles. The van der Waals surface area contributed by atoms with Crippen molar-refractivity contribution < 1.29 is 9.59 Å². The predicted octanol–water partition coefficient (Wildman–Crippen LogP) is 2.18. The van der Waals surface area contributed by atoms with Crippen LogP contribution < -0.4 is 10.6 Å². The largest absolute Gasteiger partial charge is 0.343 e. The Morgan fingerprint density at radius 1 is 1.12 bits per heavy atom. The number of hydrogen-bond donors (Lipinski definition) is 2. The molecule has 24 heavy (non-hydrogen) atoms. The number of carbonyl (C=O) groups excluding carboxylic acids is 2. The molecule has 2 aliphatic heterocycles. The van der Waals surface area contributed by atoms with Crippen LogP contribution in [0.1, 0.15) is 23.2 Å². The van der Waals surface area contributed by atoms with Gasteiger partial charge in [-0.1, -0.05) is 23.2 Å². The summed E-state index contributed by atoms with van der Waals surface area (Å²) < 4.78 is 0. The van der Waals surface area contributed by atoms with Crippen LogP contribution in [0.3, 0.4) is 0 Å². The van der Waals surface area contributed by atoms with Crippen molar-refractivity contribution in [2.24, 2.45) is 11.8 Å². The summed E-state index contributed by atoms with van der Waals surface area (Å²) in [5, 5.41) is 6.81. The zero-order valence-electron chi connectivity index (χ0n) is 13.4. The Kier molecular flexibility index (Phi) is 5.64. The van der Waals surface area contributed by atoms with Gasteiger partial charge < -0.3 is 15.5 Å². The lowest BCUT2D eigenvalue weighted by Crippen LogP contribution is -2.41. The van der Waals surface area contributed by atoms with Crippen molar-refractivity contribution in [3.63, 3.8) is 0 Å². The summed E-state index contributed by atoms with van der Waals surface area (Å²) in [5.74, 6) is 0.997. The molecule has 5 nitrogen and oxygen atoms in total. The van der Waals surface area contributed by atoms with E-state index in [0.29, 0.717) is 27.4 Å². The highest BCUT2D eigenvalue weighted by Crippen LogP contribution is 2.27.